The molecule has 112 valence electrons. The first-order chi connectivity index (χ1) is 10.0. The molecule has 0 aliphatic rings. The third-order valence-corrected chi connectivity index (χ3v) is 4.33. The summed E-state index contributed by atoms with van der Waals surface area (Å²) < 4.78 is 26.9. The van der Waals surface area contributed by atoms with Crippen molar-refractivity contribution >= 4 is 15.7 Å². The smallest absolute Gasteiger partial charge is 0.236 e. The van der Waals surface area contributed by atoms with E-state index in [9.17, 15) is 8.42 Å². The molecule has 0 heterocycles. The molecule has 0 saturated carbocycles. The van der Waals surface area contributed by atoms with Crippen LogP contribution >= 0.6 is 0 Å². The average Bonchev–Trinajstić information content (AvgIpc) is 2.47. The van der Waals surface area contributed by atoms with Gasteiger partial charge in [-0.3, -0.25) is 4.72 Å². The highest BCUT2D eigenvalue weighted by Gasteiger charge is 2.13. The first-order valence-corrected chi connectivity index (χ1v) is 8.16. The zero-order valence-corrected chi connectivity index (χ0v) is 12.3. The van der Waals surface area contributed by atoms with Gasteiger partial charge in [-0.15, -0.1) is 0 Å². The van der Waals surface area contributed by atoms with Gasteiger partial charge in [0, 0.05) is 12.2 Å². The van der Waals surface area contributed by atoms with Gasteiger partial charge in [0.05, 0.1) is 12.4 Å². The minimum atomic E-state index is -3.51. The number of aliphatic hydroxyl groups excluding tert-OH is 1. The lowest BCUT2D eigenvalue weighted by atomic mass is 10.1. The molecule has 0 radical (unpaired) electrons. The maximum atomic E-state index is 12.2. The van der Waals surface area contributed by atoms with Crippen LogP contribution in [0.4, 0.5) is 5.69 Å². The molecule has 6 heteroatoms. The van der Waals surface area contributed by atoms with Gasteiger partial charge >= 0.3 is 0 Å². The van der Waals surface area contributed by atoms with Crippen LogP contribution in [-0.4, -0.2) is 13.5 Å². The lowest BCUT2D eigenvalue weighted by Gasteiger charge is -2.11. The van der Waals surface area contributed by atoms with Gasteiger partial charge in [0.25, 0.3) is 0 Å². The van der Waals surface area contributed by atoms with E-state index in [-0.39, 0.29) is 12.4 Å². The maximum absolute atomic E-state index is 12.2. The van der Waals surface area contributed by atoms with E-state index in [1.165, 1.54) is 0 Å². The second-order valence-corrected chi connectivity index (χ2v) is 6.41. The molecule has 0 unspecified atom stereocenters. The molecule has 0 aromatic heterocycles. The number of aliphatic hydroxyl groups is 1. The number of rotatable bonds is 6. The number of nitrogens with two attached hydrogens (primary N) is 1. The Balaban J connectivity index is 2.14. The Morgan fingerprint density at radius 2 is 1.62 bits per heavy atom. The molecule has 5 nitrogen and oxygen atoms in total. The van der Waals surface area contributed by atoms with E-state index >= 15 is 0 Å². The monoisotopic (exact) mass is 306 g/mol. The number of benzene rings is 2. The van der Waals surface area contributed by atoms with E-state index in [1.54, 1.807) is 36.4 Å². The van der Waals surface area contributed by atoms with Gasteiger partial charge in [-0.1, -0.05) is 36.4 Å². The Morgan fingerprint density at radius 1 is 1.00 bits per heavy atom. The van der Waals surface area contributed by atoms with Gasteiger partial charge in [0.15, 0.2) is 0 Å². The Hall–Kier alpha value is -1.89. The van der Waals surface area contributed by atoms with Crippen molar-refractivity contribution in [1.29, 1.82) is 0 Å². The fourth-order valence-corrected chi connectivity index (χ4v) is 3.25. The van der Waals surface area contributed by atoms with Crippen molar-refractivity contribution in [2.75, 3.05) is 4.72 Å². The lowest BCUT2D eigenvalue weighted by Crippen LogP contribution is -2.16. The molecule has 21 heavy (non-hydrogen) atoms. The number of hydrogen-bond acceptors (Lipinski definition) is 4. The fraction of sp³-hybridized carbons (Fsp3) is 0.200. The Labute approximate surface area is 124 Å². The quantitative estimate of drug-likeness (QED) is 0.755. The maximum Gasteiger partial charge on any atom is 0.236 e. The summed E-state index contributed by atoms with van der Waals surface area (Å²) >= 11 is 0. The highest BCUT2D eigenvalue weighted by molar-refractivity contribution is 7.91. The standard InChI is InChI=1S/C15H18N2O3S/c16-9-13-3-1-2-4-14(13)11-21(19,20)17-15-7-5-12(10-18)6-8-15/h1-8,17-18H,9-11,16H2. The highest BCUT2D eigenvalue weighted by Crippen LogP contribution is 2.16. The summed E-state index contributed by atoms with van der Waals surface area (Å²) in [6.07, 6.45) is 0. The topological polar surface area (TPSA) is 92.4 Å². The molecule has 0 saturated heterocycles. The summed E-state index contributed by atoms with van der Waals surface area (Å²) in [6.45, 7) is 0.230. The molecule has 2 rings (SSSR count). The highest BCUT2D eigenvalue weighted by atomic mass is 32.2. The van der Waals surface area contributed by atoms with Crippen molar-refractivity contribution in [3.63, 3.8) is 0 Å². The molecular weight excluding hydrogens is 288 g/mol. The Bertz CT molecular complexity index is 697. The van der Waals surface area contributed by atoms with E-state index < -0.39 is 10.0 Å². The van der Waals surface area contributed by atoms with E-state index in [2.05, 4.69) is 4.72 Å². The molecule has 0 amide bonds. The molecule has 2 aromatic carbocycles. The van der Waals surface area contributed by atoms with Crippen LogP contribution in [-0.2, 0) is 28.9 Å². The predicted octanol–water partition coefficient (Wildman–Crippen LogP) is 1.58. The van der Waals surface area contributed by atoms with Crippen LogP contribution in [0.25, 0.3) is 0 Å². The van der Waals surface area contributed by atoms with Crippen molar-refractivity contribution in [3.8, 4) is 0 Å². The van der Waals surface area contributed by atoms with Gasteiger partial charge in [-0.05, 0) is 28.8 Å². The lowest BCUT2D eigenvalue weighted by molar-refractivity contribution is 0.282. The Kier molecular flexibility index (Phi) is 4.95. The second kappa shape index (κ2) is 6.71. The van der Waals surface area contributed by atoms with Crippen LogP contribution in [0, 0.1) is 0 Å². The predicted molar refractivity (Wildman–Crippen MR) is 82.9 cm³/mol. The number of nitrogens with one attached hydrogen (secondary N) is 1. The third-order valence-electron chi connectivity index (χ3n) is 3.09. The summed E-state index contributed by atoms with van der Waals surface area (Å²) in [5, 5.41) is 8.96. The minimum Gasteiger partial charge on any atom is -0.392 e. The number of anilines is 1. The first-order valence-electron chi connectivity index (χ1n) is 6.51. The van der Waals surface area contributed by atoms with Crippen molar-refractivity contribution in [2.24, 2.45) is 5.73 Å². The van der Waals surface area contributed by atoms with Crippen LogP contribution in [0.5, 0.6) is 0 Å². The van der Waals surface area contributed by atoms with Crippen LogP contribution < -0.4 is 10.5 Å². The molecule has 4 N–H and O–H groups in total. The summed E-state index contributed by atoms with van der Waals surface area (Å²) in [4.78, 5) is 0. The van der Waals surface area contributed by atoms with Crippen molar-refractivity contribution in [1.82, 2.24) is 0 Å². The molecule has 0 spiro atoms. The zero-order valence-electron chi connectivity index (χ0n) is 11.5. The molecule has 0 aliphatic carbocycles. The summed E-state index contributed by atoms with van der Waals surface area (Å²) in [5.41, 5.74) is 8.33. The molecule has 0 fully saturated rings. The van der Waals surface area contributed by atoms with Crippen molar-refractivity contribution in [3.05, 3.63) is 65.2 Å². The zero-order chi connectivity index (χ0) is 15.3. The normalized spacial score (nSPS) is 11.3. The summed E-state index contributed by atoms with van der Waals surface area (Å²) in [5.74, 6) is -0.123. The minimum absolute atomic E-state index is 0.0725. The van der Waals surface area contributed by atoms with Crippen LogP contribution in [0.3, 0.4) is 0 Å². The van der Waals surface area contributed by atoms with Gasteiger partial charge in [0.1, 0.15) is 0 Å². The molecule has 0 bridgehead atoms. The molecule has 0 aliphatic heterocycles. The second-order valence-electron chi connectivity index (χ2n) is 4.69. The van der Waals surface area contributed by atoms with E-state index in [1.807, 2.05) is 12.1 Å². The summed E-state index contributed by atoms with van der Waals surface area (Å²) in [6, 6.07) is 13.8. The summed E-state index contributed by atoms with van der Waals surface area (Å²) in [7, 11) is -3.51. The fourth-order valence-electron chi connectivity index (χ4n) is 2.00. The number of hydrogen-bond donors (Lipinski definition) is 3. The largest absolute Gasteiger partial charge is 0.392 e. The van der Waals surface area contributed by atoms with E-state index in [0.717, 1.165) is 11.1 Å². The molecular formula is C15H18N2O3S. The van der Waals surface area contributed by atoms with Gasteiger partial charge in [-0.25, -0.2) is 8.42 Å². The van der Waals surface area contributed by atoms with Crippen LogP contribution in [0.1, 0.15) is 16.7 Å². The van der Waals surface area contributed by atoms with E-state index in [0.29, 0.717) is 17.8 Å². The SMILES string of the molecule is NCc1ccccc1CS(=O)(=O)Nc1ccc(CO)cc1. The first kappa shape index (κ1) is 15.5. The Morgan fingerprint density at radius 3 is 2.19 bits per heavy atom. The van der Waals surface area contributed by atoms with Crippen molar-refractivity contribution < 1.29 is 13.5 Å². The molecule has 2 aromatic rings. The van der Waals surface area contributed by atoms with Gasteiger partial charge in [0.2, 0.25) is 10.0 Å². The van der Waals surface area contributed by atoms with Gasteiger partial charge in [-0.2, -0.15) is 0 Å². The molecule has 0 atom stereocenters. The van der Waals surface area contributed by atoms with Crippen molar-refractivity contribution in [2.45, 2.75) is 18.9 Å². The van der Waals surface area contributed by atoms with Crippen LogP contribution in [0.2, 0.25) is 0 Å². The average molecular weight is 306 g/mol. The van der Waals surface area contributed by atoms with E-state index in [4.69, 9.17) is 10.8 Å². The third kappa shape index (κ3) is 4.29. The number of sulfonamides is 1. The van der Waals surface area contributed by atoms with Crippen LogP contribution in [0.15, 0.2) is 48.5 Å². The van der Waals surface area contributed by atoms with Gasteiger partial charge < -0.3 is 10.8 Å².